The molecule has 41 heavy (non-hydrogen) atoms. The fraction of sp³-hybridized carbons (Fsp3) is 0.393. The van der Waals surface area contributed by atoms with E-state index in [1.165, 1.54) is 17.0 Å². The molecule has 3 atom stereocenters. The average molecular weight is 569 g/mol. The van der Waals surface area contributed by atoms with Gasteiger partial charge in [-0.05, 0) is 56.2 Å². The first-order valence-electron chi connectivity index (χ1n) is 13.1. The number of carbonyl (C=O) groups is 5. The van der Waals surface area contributed by atoms with Gasteiger partial charge in [-0.25, -0.2) is 0 Å². The fourth-order valence-electron chi connectivity index (χ4n) is 4.87. The normalized spacial score (nSPS) is 20.2. The first-order chi connectivity index (χ1) is 19.5. The van der Waals surface area contributed by atoms with Crippen LogP contribution in [0.4, 0.5) is 11.4 Å². The van der Waals surface area contributed by atoms with Crippen LogP contribution < -0.4 is 20.4 Å². The third-order valence-corrected chi connectivity index (χ3v) is 6.83. The highest BCUT2D eigenvalue weighted by Crippen LogP contribution is 2.33. The molecule has 2 aliphatic heterocycles. The number of aliphatic hydroxyl groups is 1. The van der Waals surface area contributed by atoms with Crippen LogP contribution in [0.2, 0.25) is 0 Å². The van der Waals surface area contributed by atoms with Gasteiger partial charge >= 0.3 is 5.97 Å². The number of aromatic hydroxyl groups is 1. The number of phenolic OH excluding ortho intramolecular Hbond substituents is 1. The van der Waals surface area contributed by atoms with Crippen LogP contribution in [0.1, 0.15) is 34.8 Å². The summed E-state index contributed by atoms with van der Waals surface area (Å²) in [5.41, 5.74) is 1.58. The molecule has 2 aromatic rings. The van der Waals surface area contributed by atoms with Gasteiger partial charge < -0.3 is 35.2 Å². The van der Waals surface area contributed by atoms with Crippen LogP contribution in [0.15, 0.2) is 36.4 Å². The first kappa shape index (κ1) is 29.5. The second-order valence-corrected chi connectivity index (χ2v) is 9.75. The molecule has 13 nitrogen and oxygen atoms in total. The van der Waals surface area contributed by atoms with E-state index in [0.717, 1.165) is 4.90 Å². The Hall–Kier alpha value is -4.49. The second kappa shape index (κ2) is 12.4. The lowest BCUT2D eigenvalue weighted by molar-refractivity contribution is -0.164. The van der Waals surface area contributed by atoms with Crippen molar-refractivity contribution >= 4 is 41.0 Å². The number of hydrogen-bond acceptors (Lipinski definition) is 9. The van der Waals surface area contributed by atoms with E-state index in [1.54, 1.807) is 45.0 Å². The lowest BCUT2D eigenvalue weighted by atomic mass is 10.0. The van der Waals surface area contributed by atoms with E-state index in [9.17, 15) is 34.2 Å². The molecule has 2 heterocycles. The van der Waals surface area contributed by atoms with Crippen molar-refractivity contribution in [1.82, 2.24) is 10.6 Å². The molecule has 13 heteroatoms. The van der Waals surface area contributed by atoms with Crippen molar-refractivity contribution in [3.05, 3.63) is 53.1 Å². The topological polar surface area (TPSA) is 175 Å². The van der Waals surface area contributed by atoms with Gasteiger partial charge in [-0.15, -0.1) is 0 Å². The molecule has 1 fully saturated rings. The van der Waals surface area contributed by atoms with Gasteiger partial charge in [0.15, 0.2) is 0 Å². The summed E-state index contributed by atoms with van der Waals surface area (Å²) < 4.78 is 10.5. The highest BCUT2D eigenvalue weighted by Gasteiger charge is 2.40. The van der Waals surface area contributed by atoms with Gasteiger partial charge in [-0.1, -0.05) is 12.1 Å². The van der Waals surface area contributed by atoms with E-state index in [2.05, 4.69) is 10.6 Å². The van der Waals surface area contributed by atoms with E-state index < -0.39 is 61.1 Å². The monoisotopic (exact) mass is 568 g/mol. The summed E-state index contributed by atoms with van der Waals surface area (Å²) in [5.74, 6) is -3.15. The van der Waals surface area contributed by atoms with Gasteiger partial charge in [-0.2, -0.15) is 0 Å². The van der Waals surface area contributed by atoms with Crippen molar-refractivity contribution in [3.8, 4) is 5.75 Å². The number of cyclic esters (lactones) is 1. The van der Waals surface area contributed by atoms with Crippen LogP contribution >= 0.6 is 0 Å². The van der Waals surface area contributed by atoms with Gasteiger partial charge in [-0.3, -0.25) is 28.9 Å². The lowest BCUT2D eigenvalue weighted by Gasteiger charge is -2.26. The number of aliphatic hydroxyl groups excluding tert-OH is 1. The third-order valence-electron chi connectivity index (χ3n) is 6.83. The summed E-state index contributed by atoms with van der Waals surface area (Å²) in [6.07, 6.45) is -1.07. The number of amides is 4. The highest BCUT2D eigenvalue weighted by molar-refractivity contribution is 6.11. The minimum atomic E-state index is -1.31. The number of aryl methyl sites for hydroxylation is 2. The number of anilines is 2. The summed E-state index contributed by atoms with van der Waals surface area (Å²) in [7, 11) is 0. The Balaban J connectivity index is 1.65. The van der Waals surface area contributed by atoms with E-state index in [0.29, 0.717) is 11.1 Å². The smallest absolute Gasteiger partial charge is 0.310 e. The summed E-state index contributed by atoms with van der Waals surface area (Å²) >= 11 is 0. The molecule has 0 spiro atoms. The molecule has 0 bridgehead atoms. The van der Waals surface area contributed by atoms with Crippen LogP contribution in [-0.4, -0.2) is 84.5 Å². The number of ether oxygens (including phenoxy) is 2. The SMILES string of the molecule is CCOC1OC(=O)C[C@@H]1NC(=O)CN1C(=O)[C@@H](NC(=O)c2cc(C)c(O)c(C)c2)CN(C(=O)CO)c2ccccc21. The van der Waals surface area contributed by atoms with E-state index in [4.69, 9.17) is 9.47 Å². The van der Waals surface area contributed by atoms with Crippen molar-refractivity contribution in [2.24, 2.45) is 0 Å². The van der Waals surface area contributed by atoms with Crippen molar-refractivity contribution in [3.63, 3.8) is 0 Å². The van der Waals surface area contributed by atoms with Crippen molar-refractivity contribution < 1.29 is 43.7 Å². The number of esters is 1. The van der Waals surface area contributed by atoms with Gasteiger partial charge in [0.1, 0.15) is 31.0 Å². The predicted molar refractivity (Wildman–Crippen MR) is 145 cm³/mol. The largest absolute Gasteiger partial charge is 0.507 e. The van der Waals surface area contributed by atoms with E-state index in [1.807, 2.05) is 0 Å². The highest BCUT2D eigenvalue weighted by atomic mass is 16.7. The minimum Gasteiger partial charge on any atom is -0.507 e. The summed E-state index contributed by atoms with van der Waals surface area (Å²) in [6, 6.07) is 7.22. The number of para-hydroxylation sites is 2. The zero-order chi connectivity index (χ0) is 29.8. The molecule has 1 unspecified atom stereocenters. The van der Waals surface area contributed by atoms with Crippen molar-refractivity contribution in [1.29, 1.82) is 0 Å². The van der Waals surface area contributed by atoms with Crippen LogP contribution in [0.25, 0.3) is 0 Å². The van der Waals surface area contributed by atoms with Gasteiger partial charge in [0, 0.05) is 12.2 Å². The Morgan fingerprint density at radius 1 is 1.07 bits per heavy atom. The van der Waals surface area contributed by atoms with Gasteiger partial charge in [0.05, 0.1) is 24.3 Å². The first-order valence-corrected chi connectivity index (χ1v) is 13.1. The van der Waals surface area contributed by atoms with Crippen LogP contribution in [-0.2, 0) is 28.7 Å². The molecule has 0 saturated carbocycles. The zero-order valence-corrected chi connectivity index (χ0v) is 22.9. The number of phenols is 1. The number of fused-ring (bicyclic) bond motifs is 1. The van der Waals surface area contributed by atoms with E-state index in [-0.39, 0.29) is 42.3 Å². The zero-order valence-electron chi connectivity index (χ0n) is 22.9. The third kappa shape index (κ3) is 6.31. The Kier molecular flexibility index (Phi) is 8.89. The maximum Gasteiger partial charge on any atom is 0.310 e. The van der Waals surface area contributed by atoms with Gasteiger partial charge in [0.25, 0.3) is 17.7 Å². The quantitative estimate of drug-likeness (QED) is 0.326. The average Bonchev–Trinajstić information content (AvgIpc) is 3.24. The molecule has 2 aliphatic rings. The molecule has 4 N–H and O–H groups in total. The fourth-order valence-corrected chi connectivity index (χ4v) is 4.87. The van der Waals surface area contributed by atoms with Gasteiger partial charge in [0.2, 0.25) is 12.2 Å². The van der Waals surface area contributed by atoms with E-state index >= 15 is 0 Å². The second-order valence-electron chi connectivity index (χ2n) is 9.75. The summed E-state index contributed by atoms with van der Waals surface area (Å²) in [4.78, 5) is 67.2. The lowest BCUT2D eigenvalue weighted by Crippen LogP contribution is -2.55. The molecule has 0 aliphatic carbocycles. The number of nitrogens with one attached hydrogen (secondary N) is 2. The van der Waals surface area contributed by atoms with Crippen LogP contribution in [0, 0.1) is 13.8 Å². The maximum atomic E-state index is 13.9. The number of benzene rings is 2. The Morgan fingerprint density at radius 2 is 1.73 bits per heavy atom. The standard InChI is InChI=1S/C28H32N4O9/c1-4-40-28-18(11-24(36)41-28)29-22(34)13-32-21-8-6-5-7-20(21)31(23(35)14-33)12-19(27(32)39)30-26(38)17-9-15(2)25(37)16(3)10-17/h5-10,18-19,28,33,37H,4,11-14H2,1-3H3,(H,29,34)(H,30,38)/t18-,19-,28?/m0/s1. The maximum absolute atomic E-state index is 13.9. The molecule has 4 amide bonds. The number of nitrogens with zero attached hydrogens (tertiary/aromatic N) is 2. The molecule has 0 radical (unpaired) electrons. The molecular weight excluding hydrogens is 536 g/mol. The molecule has 4 rings (SSSR count). The molecule has 0 aromatic heterocycles. The number of carbonyl (C=O) groups excluding carboxylic acids is 5. The molecule has 1 saturated heterocycles. The Morgan fingerprint density at radius 3 is 2.37 bits per heavy atom. The Bertz CT molecular complexity index is 1360. The molecular formula is C28H32N4O9. The van der Waals surface area contributed by atoms with Crippen molar-refractivity contribution in [2.45, 2.75) is 45.6 Å². The minimum absolute atomic E-state index is 0.0420. The number of hydrogen-bond donors (Lipinski definition) is 4. The number of rotatable bonds is 8. The predicted octanol–water partition coefficient (Wildman–Crippen LogP) is 0.274. The molecule has 218 valence electrons. The van der Waals surface area contributed by atoms with Crippen molar-refractivity contribution in [2.75, 3.05) is 36.1 Å². The van der Waals surface area contributed by atoms with Crippen LogP contribution in [0.5, 0.6) is 5.75 Å². The molecule has 2 aromatic carbocycles. The Labute approximate surface area is 236 Å². The summed E-state index contributed by atoms with van der Waals surface area (Å²) in [5, 5.41) is 25.1. The van der Waals surface area contributed by atoms with Crippen LogP contribution in [0.3, 0.4) is 0 Å². The summed E-state index contributed by atoms with van der Waals surface area (Å²) in [6.45, 7) is 3.55.